The number of carbonyl (C=O) groups excluding carboxylic acids is 3. The lowest BCUT2D eigenvalue weighted by atomic mass is 10.0. The Morgan fingerprint density at radius 1 is 1.31 bits per heavy atom. The van der Waals surface area contributed by atoms with E-state index in [1.165, 1.54) is 0 Å². The molecule has 0 radical (unpaired) electrons. The molecule has 2 saturated heterocycles. The van der Waals surface area contributed by atoms with Crippen molar-refractivity contribution in [2.75, 3.05) is 13.2 Å². The van der Waals surface area contributed by atoms with Crippen LogP contribution in [0.25, 0.3) is 0 Å². The Balaban J connectivity index is 1.52. The van der Waals surface area contributed by atoms with Crippen LogP contribution in [0, 0.1) is 5.92 Å². The molecule has 2 aliphatic heterocycles. The van der Waals surface area contributed by atoms with Crippen molar-refractivity contribution in [3.63, 3.8) is 0 Å². The molecule has 0 bridgehead atoms. The summed E-state index contributed by atoms with van der Waals surface area (Å²) in [4.78, 5) is 38.1. The minimum atomic E-state index is -0.804. The zero-order valence-corrected chi connectivity index (χ0v) is 14.8. The maximum absolute atomic E-state index is 12.5. The molecule has 1 aromatic rings. The van der Waals surface area contributed by atoms with Crippen molar-refractivity contribution in [1.82, 2.24) is 15.5 Å². The summed E-state index contributed by atoms with van der Waals surface area (Å²) in [5, 5.41) is 5.25. The molecule has 8 nitrogen and oxygen atoms in total. The second-order valence-corrected chi connectivity index (χ2v) is 6.71. The van der Waals surface area contributed by atoms with Gasteiger partial charge in [0, 0.05) is 6.54 Å². The van der Waals surface area contributed by atoms with E-state index in [-0.39, 0.29) is 18.4 Å². The maximum atomic E-state index is 12.5. The fourth-order valence-corrected chi connectivity index (χ4v) is 3.02. The molecule has 140 valence electrons. The average molecular weight is 361 g/mol. The zero-order chi connectivity index (χ0) is 18.7. The molecule has 3 amide bonds. The summed E-state index contributed by atoms with van der Waals surface area (Å²) in [7, 11) is 0. The van der Waals surface area contributed by atoms with Crippen LogP contribution in [0.2, 0.25) is 0 Å². The summed E-state index contributed by atoms with van der Waals surface area (Å²) in [6, 6.07) is 7.77. The van der Waals surface area contributed by atoms with Gasteiger partial charge in [0.15, 0.2) is 12.3 Å². The molecule has 2 fully saturated rings. The number of alkyl carbamates (subject to hydrolysis) is 1. The van der Waals surface area contributed by atoms with Gasteiger partial charge in [-0.2, -0.15) is 0 Å². The van der Waals surface area contributed by atoms with Crippen LogP contribution in [0.15, 0.2) is 30.3 Å². The highest BCUT2D eigenvalue weighted by molar-refractivity contribution is 5.95. The highest BCUT2D eigenvalue weighted by Crippen LogP contribution is 2.25. The van der Waals surface area contributed by atoms with Crippen LogP contribution in [0.4, 0.5) is 4.79 Å². The van der Waals surface area contributed by atoms with Crippen LogP contribution in [0.1, 0.15) is 19.4 Å². The van der Waals surface area contributed by atoms with Gasteiger partial charge in [0.25, 0.3) is 5.91 Å². The number of ether oxygens (including phenoxy) is 2. The molecule has 8 heteroatoms. The standard InChI is InChI=1S/C18H23N3O5/c1-11(2)13(20-18(24)26-10-12-6-4-3-5-7-12)15(22)19-14-16(23)21-8-9-25-17(14)21/h3-7,11,13-14,17H,8-10H2,1-2H3,(H,19,22)(H,20,24)/t13-,14+,17+/m0/s1. The van der Waals surface area contributed by atoms with Crippen molar-refractivity contribution < 1.29 is 23.9 Å². The number of amides is 3. The van der Waals surface area contributed by atoms with Gasteiger partial charge < -0.3 is 25.0 Å². The predicted molar refractivity (Wildman–Crippen MR) is 91.8 cm³/mol. The Labute approximate surface area is 151 Å². The highest BCUT2D eigenvalue weighted by atomic mass is 16.5. The fourth-order valence-electron chi connectivity index (χ4n) is 3.02. The Hall–Kier alpha value is -2.61. The minimum absolute atomic E-state index is 0.116. The summed E-state index contributed by atoms with van der Waals surface area (Å²) in [6.07, 6.45) is -1.08. The molecule has 0 unspecified atom stereocenters. The van der Waals surface area contributed by atoms with E-state index >= 15 is 0 Å². The van der Waals surface area contributed by atoms with Crippen molar-refractivity contribution >= 4 is 17.9 Å². The maximum Gasteiger partial charge on any atom is 0.408 e. The number of fused-ring (bicyclic) bond motifs is 1. The minimum Gasteiger partial charge on any atom is -0.445 e. The van der Waals surface area contributed by atoms with Gasteiger partial charge in [0.05, 0.1) is 6.61 Å². The number of benzene rings is 1. The van der Waals surface area contributed by atoms with Crippen LogP contribution in [-0.2, 0) is 25.7 Å². The van der Waals surface area contributed by atoms with E-state index in [4.69, 9.17) is 9.47 Å². The first-order valence-electron chi connectivity index (χ1n) is 8.67. The molecule has 3 atom stereocenters. The Bertz CT molecular complexity index is 679. The Morgan fingerprint density at radius 2 is 2.04 bits per heavy atom. The van der Waals surface area contributed by atoms with E-state index < -0.39 is 30.3 Å². The smallest absolute Gasteiger partial charge is 0.408 e. The van der Waals surface area contributed by atoms with Crippen molar-refractivity contribution in [1.29, 1.82) is 0 Å². The summed E-state index contributed by atoms with van der Waals surface area (Å²) in [5.41, 5.74) is 0.853. The molecule has 2 N–H and O–H groups in total. The van der Waals surface area contributed by atoms with Gasteiger partial charge in [-0.1, -0.05) is 44.2 Å². The number of nitrogens with one attached hydrogen (secondary N) is 2. The van der Waals surface area contributed by atoms with E-state index in [0.29, 0.717) is 13.2 Å². The normalized spacial score (nSPS) is 22.4. The van der Waals surface area contributed by atoms with E-state index in [2.05, 4.69) is 10.6 Å². The predicted octanol–water partition coefficient (Wildman–Crippen LogP) is 0.621. The topological polar surface area (TPSA) is 97.0 Å². The van der Waals surface area contributed by atoms with Crippen molar-refractivity contribution in [3.05, 3.63) is 35.9 Å². The van der Waals surface area contributed by atoms with Crippen LogP contribution in [0.5, 0.6) is 0 Å². The molecular weight excluding hydrogens is 338 g/mol. The van der Waals surface area contributed by atoms with Crippen LogP contribution >= 0.6 is 0 Å². The summed E-state index contributed by atoms with van der Waals surface area (Å²) >= 11 is 0. The van der Waals surface area contributed by atoms with Gasteiger partial charge in [-0.15, -0.1) is 0 Å². The Morgan fingerprint density at radius 3 is 2.73 bits per heavy atom. The second-order valence-electron chi connectivity index (χ2n) is 6.71. The Kier molecular flexibility index (Phi) is 5.41. The number of hydrogen-bond donors (Lipinski definition) is 2. The van der Waals surface area contributed by atoms with Crippen molar-refractivity contribution in [2.24, 2.45) is 5.92 Å². The summed E-state index contributed by atoms with van der Waals surface area (Å²) < 4.78 is 10.6. The quantitative estimate of drug-likeness (QED) is 0.724. The third-order valence-corrected chi connectivity index (χ3v) is 4.50. The number of carbonyl (C=O) groups is 3. The lowest BCUT2D eigenvalue weighted by Crippen LogP contribution is -2.70. The van der Waals surface area contributed by atoms with Gasteiger partial charge in [0.2, 0.25) is 5.91 Å². The number of rotatable bonds is 6. The van der Waals surface area contributed by atoms with E-state index in [1.807, 2.05) is 44.2 Å². The fraction of sp³-hybridized carbons (Fsp3) is 0.500. The van der Waals surface area contributed by atoms with Crippen molar-refractivity contribution in [3.8, 4) is 0 Å². The molecule has 1 aromatic carbocycles. The summed E-state index contributed by atoms with van der Waals surface area (Å²) in [6.45, 7) is 4.75. The van der Waals surface area contributed by atoms with E-state index in [1.54, 1.807) is 4.90 Å². The summed E-state index contributed by atoms with van der Waals surface area (Å²) in [5.74, 6) is -0.754. The second kappa shape index (κ2) is 7.74. The van der Waals surface area contributed by atoms with Crippen LogP contribution in [-0.4, -0.2) is 54.3 Å². The van der Waals surface area contributed by atoms with Crippen molar-refractivity contribution in [2.45, 2.75) is 38.8 Å². The number of hydrogen-bond acceptors (Lipinski definition) is 5. The van der Waals surface area contributed by atoms with Crippen LogP contribution < -0.4 is 10.6 Å². The highest BCUT2D eigenvalue weighted by Gasteiger charge is 2.52. The first-order chi connectivity index (χ1) is 12.5. The van der Waals surface area contributed by atoms with Gasteiger partial charge in [0.1, 0.15) is 12.6 Å². The SMILES string of the molecule is CC(C)[C@H](NC(=O)OCc1ccccc1)C(=O)N[C@@H]1C(=O)N2CCO[C@H]12. The third kappa shape index (κ3) is 3.80. The van der Waals surface area contributed by atoms with Gasteiger partial charge in [-0.3, -0.25) is 9.59 Å². The zero-order valence-electron chi connectivity index (χ0n) is 14.8. The molecule has 0 saturated carbocycles. The van der Waals surface area contributed by atoms with Gasteiger partial charge in [-0.25, -0.2) is 4.79 Å². The number of β-lactam (4-membered cyclic amide) rings is 1. The van der Waals surface area contributed by atoms with E-state index in [9.17, 15) is 14.4 Å². The molecule has 2 heterocycles. The average Bonchev–Trinajstić information content (AvgIpc) is 3.07. The first kappa shape index (κ1) is 18.2. The molecule has 26 heavy (non-hydrogen) atoms. The van der Waals surface area contributed by atoms with Gasteiger partial charge in [-0.05, 0) is 11.5 Å². The largest absolute Gasteiger partial charge is 0.445 e. The lowest BCUT2D eigenvalue weighted by molar-refractivity contribution is -0.165. The molecule has 0 aromatic heterocycles. The molecule has 3 rings (SSSR count). The number of nitrogens with zero attached hydrogens (tertiary/aromatic N) is 1. The first-order valence-corrected chi connectivity index (χ1v) is 8.67. The molecule has 0 spiro atoms. The molecule has 2 aliphatic rings. The van der Waals surface area contributed by atoms with E-state index in [0.717, 1.165) is 5.56 Å². The van der Waals surface area contributed by atoms with Gasteiger partial charge >= 0.3 is 6.09 Å². The third-order valence-electron chi connectivity index (χ3n) is 4.50. The molecule has 0 aliphatic carbocycles. The lowest BCUT2D eigenvalue weighted by Gasteiger charge is -2.41. The molecular formula is C18H23N3O5. The van der Waals surface area contributed by atoms with Crippen LogP contribution in [0.3, 0.4) is 0 Å². The monoisotopic (exact) mass is 361 g/mol.